The van der Waals surface area contributed by atoms with Crippen molar-refractivity contribution in [2.24, 2.45) is 0 Å². The number of carboxylic acids is 1. The van der Waals surface area contributed by atoms with Crippen LogP contribution in [0.2, 0.25) is 0 Å². The molecule has 0 heterocycles. The van der Waals surface area contributed by atoms with Crippen LogP contribution in [0.25, 0.3) is 0 Å². The topological polar surface area (TPSA) is 80.4 Å². The zero-order valence-electron chi connectivity index (χ0n) is 6.51. The van der Waals surface area contributed by atoms with E-state index in [2.05, 4.69) is 0 Å². The zero-order chi connectivity index (χ0) is 9.14. The molecule has 1 rings (SSSR count). The van der Waals surface area contributed by atoms with Gasteiger partial charge in [-0.1, -0.05) is 6.07 Å². The number of hydrogen-bond donors (Lipinski definition) is 1. The number of aromatic carboxylic acids is 1. The highest BCUT2D eigenvalue weighted by Crippen LogP contribution is 2.12. The van der Waals surface area contributed by atoms with Crippen molar-refractivity contribution in [3.05, 3.63) is 39.9 Å². The smallest absolute Gasteiger partial charge is 0.335 e. The van der Waals surface area contributed by atoms with Gasteiger partial charge in [-0.2, -0.15) is 0 Å². The second-order valence-corrected chi connectivity index (χ2v) is 2.11. The van der Waals surface area contributed by atoms with Crippen molar-refractivity contribution < 1.29 is 14.8 Å². The first kappa shape index (κ1) is 11.2. The summed E-state index contributed by atoms with van der Waals surface area (Å²) in [5.41, 5.74) is -0.292. The van der Waals surface area contributed by atoms with E-state index in [0.717, 1.165) is 6.07 Å². The Hall–Kier alpha value is -1.85. The van der Waals surface area contributed by atoms with Crippen LogP contribution in [0.3, 0.4) is 0 Å². The van der Waals surface area contributed by atoms with Gasteiger partial charge in [0, 0.05) is 20.5 Å². The van der Waals surface area contributed by atoms with Crippen LogP contribution in [0.1, 0.15) is 10.4 Å². The highest BCUT2D eigenvalue weighted by molar-refractivity contribution is 5.88. The minimum Gasteiger partial charge on any atom is -0.478 e. The van der Waals surface area contributed by atoms with Crippen LogP contribution >= 0.6 is 0 Å². The van der Waals surface area contributed by atoms with Gasteiger partial charge in [-0.25, -0.2) is 4.79 Å². The minimum absolute atomic E-state index is 0. The van der Waals surface area contributed by atoms with Gasteiger partial charge in [-0.15, -0.1) is 0 Å². The van der Waals surface area contributed by atoms with Crippen LogP contribution in [-0.2, 0) is 0 Å². The number of nitro groups is 1. The number of non-ortho nitro benzene ring substituents is 1. The van der Waals surface area contributed by atoms with Gasteiger partial charge < -0.3 is 5.11 Å². The molecule has 0 aromatic heterocycles. The van der Waals surface area contributed by atoms with Crippen molar-refractivity contribution in [3.63, 3.8) is 0 Å². The molecule has 1 aromatic carbocycles. The van der Waals surface area contributed by atoms with E-state index in [1.807, 2.05) is 0 Å². The van der Waals surface area contributed by atoms with E-state index in [9.17, 15) is 14.9 Å². The van der Waals surface area contributed by atoms with Crippen molar-refractivity contribution in [1.82, 2.24) is 0 Å². The van der Waals surface area contributed by atoms with Crippen LogP contribution in [0, 0.1) is 10.1 Å². The fraction of sp³-hybridized carbons (Fsp3) is 0. The van der Waals surface area contributed by atoms with Gasteiger partial charge in [0.1, 0.15) is 0 Å². The number of benzene rings is 1. The third-order valence-corrected chi connectivity index (χ3v) is 1.30. The molecule has 0 aliphatic carbocycles. The Morgan fingerprint density at radius 1 is 1.46 bits per heavy atom. The Balaban J connectivity index is 0.00000144. The van der Waals surface area contributed by atoms with Gasteiger partial charge in [0.2, 0.25) is 0 Å². The van der Waals surface area contributed by atoms with Gasteiger partial charge in [0.25, 0.3) is 5.69 Å². The quantitative estimate of drug-likeness (QED) is 0.414. The number of rotatable bonds is 2. The third-order valence-electron chi connectivity index (χ3n) is 1.30. The molecule has 1 aromatic rings. The van der Waals surface area contributed by atoms with Gasteiger partial charge in [0.05, 0.1) is 10.5 Å². The van der Waals surface area contributed by atoms with Crippen molar-refractivity contribution in [3.8, 4) is 0 Å². The van der Waals surface area contributed by atoms with Gasteiger partial charge in [-0.3, -0.25) is 10.1 Å². The Kier molecular flexibility index (Phi) is 3.64. The Bertz CT molecular complexity index is 310. The van der Waals surface area contributed by atoms with Crippen LogP contribution in [0.4, 0.5) is 5.69 Å². The SMILES string of the molecule is O=C(O)c1cccc([N+](=O)[O-])c1.[B]. The third kappa shape index (κ3) is 2.59. The van der Waals surface area contributed by atoms with Gasteiger partial charge in [-0.05, 0) is 6.07 Å². The van der Waals surface area contributed by atoms with Gasteiger partial charge in [0.15, 0.2) is 0 Å². The monoisotopic (exact) mass is 178 g/mol. The molecule has 0 bridgehead atoms. The molecular formula is C7H5BNO4. The lowest BCUT2D eigenvalue weighted by atomic mass is 10.2. The molecule has 0 saturated carbocycles. The molecule has 13 heavy (non-hydrogen) atoms. The number of carboxylic acid groups (broad SMARTS) is 1. The van der Waals surface area contributed by atoms with E-state index >= 15 is 0 Å². The lowest BCUT2D eigenvalue weighted by Gasteiger charge is -1.92. The lowest BCUT2D eigenvalue weighted by molar-refractivity contribution is -0.384. The standard InChI is InChI=1S/C7H5NO4.B/c9-7(10)5-2-1-3-6(4-5)8(11)12;/h1-4H,(H,9,10);. The maximum Gasteiger partial charge on any atom is 0.335 e. The molecule has 5 nitrogen and oxygen atoms in total. The first-order valence-electron chi connectivity index (χ1n) is 3.09. The van der Waals surface area contributed by atoms with Crippen molar-refractivity contribution in [2.45, 2.75) is 0 Å². The molecule has 65 valence electrons. The number of nitro benzene ring substituents is 1. The second-order valence-electron chi connectivity index (χ2n) is 2.11. The Morgan fingerprint density at radius 2 is 2.08 bits per heavy atom. The summed E-state index contributed by atoms with van der Waals surface area (Å²) < 4.78 is 0. The van der Waals surface area contributed by atoms with E-state index < -0.39 is 10.9 Å². The summed E-state index contributed by atoms with van der Waals surface area (Å²) in [5, 5.41) is 18.7. The molecule has 3 radical (unpaired) electrons. The average Bonchev–Trinajstić information content (AvgIpc) is 2.04. The van der Waals surface area contributed by atoms with Crippen molar-refractivity contribution in [2.75, 3.05) is 0 Å². The summed E-state index contributed by atoms with van der Waals surface area (Å²) in [6, 6.07) is 4.89. The van der Waals surface area contributed by atoms with Crippen molar-refractivity contribution >= 4 is 20.1 Å². The molecule has 0 saturated heterocycles. The Morgan fingerprint density at radius 3 is 2.54 bits per heavy atom. The van der Waals surface area contributed by atoms with E-state index in [4.69, 9.17) is 5.11 Å². The second kappa shape index (κ2) is 4.25. The highest BCUT2D eigenvalue weighted by Gasteiger charge is 2.08. The summed E-state index contributed by atoms with van der Waals surface area (Å²) in [5.74, 6) is -1.17. The van der Waals surface area contributed by atoms with Crippen LogP contribution in [0.5, 0.6) is 0 Å². The minimum atomic E-state index is -1.17. The molecule has 0 aliphatic rings. The number of hydrogen-bond acceptors (Lipinski definition) is 3. The predicted molar refractivity (Wildman–Crippen MR) is 45.8 cm³/mol. The molecular weight excluding hydrogens is 173 g/mol. The molecule has 0 unspecified atom stereocenters. The maximum absolute atomic E-state index is 10.4. The fourth-order valence-electron chi connectivity index (χ4n) is 0.753. The van der Waals surface area contributed by atoms with Crippen LogP contribution in [0.15, 0.2) is 24.3 Å². The van der Waals surface area contributed by atoms with E-state index in [0.29, 0.717) is 0 Å². The molecule has 0 spiro atoms. The van der Waals surface area contributed by atoms with Gasteiger partial charge >= 0.3 is 5.97 Å². The summed E-state index contributed by atoms with van der Waals surface area (Å²) in [6.45, 7) is 0. The average molecular weight is 178 g/mol. The van der Waals surface area contributed by atoms with Crippen molar-refractivity contribution in [1.29, 1.82) is 0 Å². The molecule has 0 aliphatic heterocycles. The largest absolute Gasteiger partial charge is 0.478 e. The summed E-state index contributed by atoms with van der Waals surface area (Å²) in [4.78, 5) is 19.9. The molecule has 6 heteroatoms. The molecule has 0 atom stereocenters. The predicted octanol–water partition coefficient (Wildman–Crippen LogP) is 0.912. The Labute approximate surface area is 75.7 Å². The van der Waals surface area contributed by atoms with Crippen LogP contribution in [-0.4, -0.2) is 24.4 Å². The first-order chi connectivity index (χ1) is 5.61. The summed E-state index contributed by atoms with van der Waals surface area (Å²) in [6.07, 6.45) is 0. The normalized spacial score (nSPS) is 8.62. The van der Waals surface area contributed by atoms with Crippen LogP contribution < -0.4 is 0 Å². The zero-order valence-corrected chi connectivity index (χ0v) is 6.51. The lowest BCUT2D eigenvalue weighted by Crippen LogP contribution is -1.97. The number of nitrogens with zero attached hydrogens (tertiary/aromatic N) is 1. The first-order valence-corrected chi connectivity index (χ1v) is 3.09. The maximum atomic E-state index is 10.4. The molecule has 0 fully saturated rings. The fourth-order valence-corrected chi connectivity index (χ4v) is 0.753. The van der Waals surface area contributed by atoms with E-state index in [1.165, 1.54) is 18.2 Å². The summed E-state index contributed by atoms with van der Waals surface area (Å²) >= 11 is 0. The molecule has 1 N–H and O–H groups in total. The highest BCUT2D eigenvalue weighted by atomic mass is 16.6. The van der Waals surface area contributed by atoms with E-state index in [1.54, 1.807) is 0 Å². The molecule has 0 amide bonds. The summed E-state index contributed by atoms with van der Waals surface area (Å²) in [7, 11) is 0. The van der Waals surface area contributed by atoms with E-state index in [-0.39, 0.29) is 19.7 Å². The number of carbonyl (C=O) groups is 1.